The van der Waals surface area contributed by atoms with Crippen molar-refractivity contribution in [1.29, 1.82) is 5.26 Å². The molecule has 7 heteroatoms. The predicted octanol–water partition coefficient (Wildman–Crippen LogP) is 1.09. The Morgan fingerprint density at radius 3 is 3.00 bits per heavy atom. The lowest BCUT2D eigenvalue weighted by atomic mass is 10.1. The van der Waals surface area contributed by atoms with Gasteiger partial charge in [-0.25, -0.2) is 9.37 Å². The zero-order valence-corrected chi connectivity index (χ0v) is 10.1. The van der Waals surface area contributed by atoms with Crippen molar-refractivity contribution in [3.8, 4) is 6.07 Å². The SMILES string of the molecule is CN(Cc1cc(C#N)ccc1F)C(=O)c1ncn[nH]1. The predicted molar refractivity (Wildman–Crippen MR) is 63.3 cm³/mol. The highest BCUT2D eigenvalue weighted by atomic mass is 19.1. The molecule has 0 aliphatic heterocycles. The highest BCUT2D eigenvalue weighted by Crippen LogP contribution is 2.13. The molecule has 1 heterocycles. The summed E-state index contributed by atoms with van der Waals surface area (Å²) in [5, 5.41) is 14.8. The minimum atomic E-state index is -0.462. The van der Waals surface area contributed by atoms with Crippen molar-refractivity contribution >= 4 is 5.91 Å². The Labute approximate surface area is 108 Å². The highest BCUT2D eigenvalue weighted by Gasteiger charge is 2.16. The van der Waals surface area contributed by atoms with Crippen molar-refractivity contribution in [2.24, 2.45) is 0 Å². The molecule has 0 spiro atoms. The second kappa shape index (κ2) is 5.27. The van der Waals surface area contributed by atoms with E-state index in [9.17, 15) is 9.18 Å². The molecule has 6 nitrogen and oxygen atoms in total. The zero-order chi connectivity index (χ0) is 13.8. The summed E-state index contributed by atoms with van der Waals surface area (Å²) in [6, 6.07) is 5.94. The first-order chi connectivity index (χ1) is 9.11. The van der Waals surface area contributed by atoms with Crippen LogP contribution in [0.2, 0.25) is 0 Å². The number of H-pyrrole nitrogens is 1. The third kappa shape index (κ3) is 2.74. The van der Waals surface area contributed by atoms with Gasteiger partial charge in [-0.15, -0.1) is 0 Å². The topological polar surface area (TPSA) is 85.7 Å². The van der Waals surface area contributed by atoms with Gasteiger partial charge in [0.05, 0.1) is 11.6 Å². The molecule has 2 aromatic rings. The maximum atomic E-state index is 13.6. The van der Waals surface area contributed by atoms with Gasteiger partial charge in [0, 0.05) is 19.2 Å². The molecule has 1 N–H and O–H groups in total. The van der Waals surface area contributed by atoms with Gasteiger partial charge in [0.1, 0.15) is 12.1 Å². The van der Waals surface area contributed by atoms with Gasteiger partial charge in [-0.2, -0.15) is 10.4 Å². The minimum Gasteiger partial charge on any atom is -0.335 e. The summed E-state index contributed by atoms with van der Waals surface area (Å²) in [6.07, 6.45) is 1.22. The zero-order valence-electron chi connectivity index (χ0n) is 10.1. The van der Waals surface area contributed by atoms with E-state index >= 15 is 0 Å². The van der Waals surface area contributed by atoms with Gasteiger partial charge < -0.3 is 4.90 Å². The van der Waals surface area contributed by atoms with E-state index in [1.165, 1.54) is 36.5 Å². The molecule has 2 rings (SSSR count). The number of halogens is 1. The van der Waals surface area contributed by atoms with Crippen LogP contribution in [0.3, 0.4) is 0 Å². The molecule has 1 aromatic heterocycles. The van der Waals surface area contributed by atoms with Gasteiger partial charge in [-0.1, -0.05) is 0 Å². The van der Waals surface area contributed by atoms with E-state index in [-0.39, 0.29) is 17.9 Å². The fourth-order valence-corrected chi connectivity index (χ4v) is 1.58. The van der Waals surface area contributed by atoms with Crippen molar-refractivity contribution in [1.82, 2.24) is 20.1 Å². The summed E-state index contributed by atoms with van der Waals surface area (Å²) in [6.45, 7) is 0.0425. The number of hydrogen-bond donors (Lipinski definition) is 1. The largest absolute Gasteiger partial charge is 0.335 e. The van der Waals surface area contributed by atoms with Gasteiger partial charge >= 0.3 is 0 Å². The van der Waals surface area contributed by atoms with Crippen molar-refractivity contribution < 1.29 is 9.18 Å². The Balaban J connectivity index is 2.17. The Morgan fingerprint density at radius 1 is 1.58 bits per heavy atom. The number of carbonyl (C=O) groups is 1. The number of benzene rings is 1. The van der Waals surface area contributed by atoms with Crippen molar-refractivity contribution in [3.63, 3.8) is 0 Å². The molecular weight excluding hydrogens is 249 g/mol. The van der Waals surface area contributed by atoms with Gasteiger partial charge in [0.15, 0.2) is 0 Å². The quantitative estimate of drug-likeness (QED) is 0.893. The molecule has 0 saturated carbocycles. The molecule has 0 radical (unpaired) electrons. The molecule has 0 aliphatic carbocycles. The van der Waals surface area contributed by atoms with Crippen LogP contribution in [0.1, 0.15) is 21.7 Å². The Morgan fingerprint density at radius 2 is 2.37 bits per heavy atom. The second-order valence-electron chi connectivity index (χ2n) is 3.91. The molecule has 1 aromatic carbocycles. The molecule has 19 heavy (non-hydrogen) atoms. The van der Waals surface area contributed by atoms with E-state index in [1.54, 1.807) is 0 Å². The molecule has 0 atom stereocenters. The number of aromatic amines is 1. The average molecular weight is 259 g/mol. The number of amides is 1. The monoisotopic (exact) mass is 259 g/mol. The minimum absolute atomic E-state index is 0.0425. The van der Waals surface area contributed by atoms with Crippen molar-refractivity contribution in [3.05, 3.63) is 47.3 Å². The molecule has 0 aliphatic rings. The van der Waals surface area contributed by atoms with Crippen LogP contribution < -0.4 is 0 Å². The fourth-order valence-electron chi connectivity index (χ4n) is 1.58. The van der Waals surface area contributed by atoms with Crippen LogP contribution in [0, 0.1) is 17.1 Å². The first-order valence-corrected chi connectivity index (χ1v) is 5.41. The first-order valence-electron chi connectivity index (χ1n) is 5.41. The molecule has 1 amide bonds. The Bertz CT molecular complexity index is 632. The number of nitrogens with zero attached hydrogens (tertiary/aromatic N) is 4. The Hall–Kier alpha value is -2.75. The molecule has 96 valence electrons. The van der Waals surface area contributed by atoms with Crippen molar-refractivity contribution in [2.75, 3.05) is 7.05 Å². The van der Waals surface area contributed by atoms with Gasteiger partial charge in [-0.3, -0.25) is 9.89 Å². The summed E-state index contributed by atoms with van der Waals surface area (Å²) in [4.78, 5) is 16.9. The Kier molecular flexibility index (Phi) is 3.52. The van der Waals surface area contributed by atoms with E-state index in [4.69, 9.17) is 5.26 Å². The average Bonchev–Trinajstić information content (AvgIpc) is 2.94. The molecular formula is C12H10FN5O. The van der Waals surface area contributed by atoms with Gasteiger partial charge in [0.2, 0.25) is 5.82 Å². The number of carbonyl (C=O) groups excluding carboxylic acids is 1. The van der Waals surface area contributed by atoms with Gasteiger partial charge in [-0.05, 0) is 18.2 Å². The lowest BCUT2D eigenvalue weighted by Crippen LogP contribution is -2.27. The number of rotatable bonds is 3. The highest BCUT2D eigenvalue weighted by molar-refractivity contribution is 5.90. The van der Waals surface area contributed by atoms with Crippen LogP contribution in [0.4, 0.5) is 4.39 Å². The summed E-state index contributed by atoms with van der Waals surface area (Å²) >= 11 is 0. The fraction of sp³-hybridized carbons (Fsp3) is 0.167. The third-order valence-corrected chi connectivity index (χ3v) is 2.55. The second-order valence-corrected chi connectivity index (χ2v) is 3.91. The first kappa shape index (κ1) is 12.7. The number of nitriles is 1. The summed E-state index contributed by atoms with van der Waals surface area (Å²) < 4.78 is 13.6. The molecule has 0 saturated heterocycles. The maximum Gasteiger partial charge on any atom is 0.291 e. The van der Waals surface area contributed by atoms with E-state index in [0.717, 1.165) is 0 Å². The van der Waals surface area contributed by atoms with E-state index in [0.29, 0.717) is 5.56 Å². The van der Waals surface area contributed by atoms with Crippen LogP contribution in [-0.2, 0) is 6.54 Å². The summed E-state index contributed by atoms with van der Waals surface area (Å²) in [5.41, 5.74) is 0.617. The van der Waals surface area contributed by atoms with Gasteiger partial charge in [0.25, 0.3) is 5.91 Å². The van der Waals surface area contributed by atoms with Crippen LogP contribution in [0.5, 0.6) is 0 Å². The van der Waals surface area contributed by atoms with Crippen LogP contribution >= 0.6 is 0 Å². The lowest BCUT2D eigenvalue weighted by Gasteiger charge is -2.16. The standard InChI is InChI=1S/C12H10FN5O/c1-18(12(19)11-15-7-16-17-11)6-9-4-8(5-14)2-3-10(9)13/h2-4,7H,6H2,1H3,(H,15,16,17). The van der Waals surface area contributed by atoms with E-state index in [1.807, 2.05) is 6.07 Å². The molecule has 0 unspecified atom stereocenters. The van der Waals surface area contributed by atoms with Crippen LogP contribution in [0.25, 0.3) is 0 Å². The lowest BCUT2D eigenvalue weighted by molar-refractivity contribution is 0.0772. The number of hydrogen-bond acceptors (Lipinski definition) is 4. The van der Waals surface area contributed by atoms with Crippen LogP contribution in [-0.4, -0.2) is 33.0 Å². The summed E-state index contributed by atoms with van der Waals surface area (Å²) in [5.74, 6) is -0.783. The molecule has 0 bridgehead atoms. The number of nitrogens with one attached hydrogen (secondary N) is 1. The number of aromatic nitrogens is 3. The third-order valence-electron chi connectivity index (χ3n) is 2.55. The molecule has 0 fully saturated rings. The smallest absolute Gasteiger partial charge is 0.291 e. The maximum absolute atomic E-state index is 13.6. The summed E-state index contributed by atoms with van der Waals surface area (Å²) in [7, 11) is 1.52. The van der Waals surface area contributed by atoms with E-state index in [2.05, 4.69) is 15.2 Å². The van der Waals surface area contributed by atoms with Crippen LogP contribution in [0.15, 0.2) is 24.5 Å². The normalized spacial score (nSPS) is 9.95. The van der Waals surface area contributed by atoms with E-state index < -0.39 is 11.7 Å². The van der Waals surface area contributed by atoms with Crippen molar-refractivity contribution in [2.45, 2.75) is 6.54 Å².